The molecular formula is C39H72NO8P. The summed E-state index contributed by atoms with van der Waals surface area (Å²) in [5.41, 5.74) is 5.33. The maximum atomic E-state index is 12.5. The number of allylic oxidation sites excluding steroid dienone is 6. The molecule has 0 spiro atoms. The van der Waals surface area contributed by atoms with Crippen molar-refractivity contribution in [2.45, 2.75) is 174 Å². The Labute approximate surface area is 299 Å². The number of nitrogens with two attached hydrogens (primary N) is 1. The number of rotatable bonds is 36. The fourth-order valence-corrected chi connectivity index (χ4v) is 5.88. The summed E-state index contributed by atoms with van der Waals surface area (Å²) in [6.07, 6.45) is 37.4. The number of hydrogen-bond donors (Lipinski definition) is 2. The fourth-order valence-electron chi connectivity index (χ4n) is 5.11. The highest BCUT2D eigenvalue weighted by Crippen LogP contribution is 2.43. The minimum atomic E-state index is -4.38. The third-order valence-corrected chi connectivity index (χ3v) is 9.01. The van der Waals surface area contributed by atoms with E-state index in [2.05, 4.69) is 50.3 Å². The molecule has 0 radical (unpaired) electrons. The lowest BCUT2D eigenvalue weighted by atomic mass is 10.0. The number of esters is 2. The highest BCUT2D eigenvalue weighted by atomic mass is 31.2. The molecule has 10 heteroatoms. The van der Waals surface area contributed by atoms with E-state index in [4.69, 9.17) is 24.3 Å². The third kappa shape index (κ3) is 35.8. The van der Waals surface area contributed by atoms with Crippen molar-refractivity contribution >= 4 is 19.8 Å². The van der Waals surface area contributed by atoms with Gasteiger partial charge in [-0.05, 0) is 51.4 Å². The Hall–Kier alpha value is -1.77. The van der Waals surface area contributed by atoms with Gasteiger partial charge in [0, 0.05) is 19.4 Å². The molecule has 1 unspecified atom stereocenters. The maximum absolute atomic E-state index is 12.5. The molecule has 0 aliphatic rings. The summed E-state index contributed by atoms with van der Waals surface area (Å²) in [5.74, 6) is -0.873. The van der Waals surface area contributed by atoms with Crippen molar-refractivity contribution in [3.8, 4) is 0 Å². The van der Waals surface area contributed by atoms with E-state index in [0.29, 0.717) is 12.8 Å². The van der Waals surface area contributed by atoms with Crippen LogP contribution < -0.4 is 5.73 Å². The molecule has 0 amide bonds. The quantitative estimate of drug-likeness (QED) is 0.0281. The van der Waals surface area contributed by atoms with Crippen LogP contribution in [0.2, 0.25) is 0 Å². The van der Waals surface area contributed by atoms with E-state index in [1.807, 2.05) is 0 Å². The van der Waals surface area contributed by atoms with Gasteiger partial charge in [0.25, 0.3) is 0 Å². The van der Waals surface area contributed by atoms with E-state index >= 15 is 0 Å². The van der Waals surface area contributed by atoms with Gasteiger partial charge < -0.3 is 20.1 Å². The summed E-state index contributed by atoms with van der Waals surface area (Å²) in [4.78, 5) is 34.7. The molecule has 286 valence electrons. The van der Waals surface area contributed by atoms with Crippen molar-refractivity contribution in [1.82, 2.24) is 0 Å². The zero-order valence-electron chi connectivity index (χ0n) is 31.2. The molecule has 9 nitrogen and oxygen atoms in total. The van der Waals surface area contributed by atoms with E-state index in [-0.39, 0.29) is 32.6 Å². The summed E-state index contributed by atoms with van der Waals surface area (Å²) in [5, 5.41) is 0. The van der Waals surface area contributed by atoms with Crippen LogP contribution in [0, 0.1) is 0 Å². The van der Waals surface area contributed by atoms with Crippen LogP contribution in [-0.2, 0) is 32.7 Å². The van der Waals surface area contributed by atoms with Gasteiger partial charge in [-0.15, -0.1) is 0 Å². The van der Waals surface area contributed by atoms with Crippen molar-refractivity contribution in [3.63, 3.8) is 0 Å². The summed E-state index contributed by atoms with van der Waals surface area (Å²) in [6, 6.07) is 0. The van der Waals surface area contributed by atoms with E-state index in [1.54, 1.807) is 0 Å². The van der Waals surface area contributed by atoms with E-state index in [9.17, 15) is 19.0 Å². The van der Waals surface area contributed by atoms with Crippen LogP contribution in [0.4, 0.5) is 0 Å². The van der Waals surface area contributed by atoms with Crippen LogP contribution in [0.5, 0.6) is 0 Å². The molecule has 0 aliphatic carbocycles. The number of carbonyl (C=O) groups excluding carboxylic acids is 2. The molecule has 0 rings (SSSR count). The maximum Gasteiger partial charge on any atom is 0.472 e. The monoisotopic (exact) mass is 713 g/mol. The Morgan fingerprint density at radius 1 is 0.612 bits per heavy atom. The Bertz CT molecular complexity index is 907. The van der Waals surface area contributed by atoms with Gasteiger partial charge in [0.2, 0.25) is 0 Å². The summed E-state index contributed by atoms with van der Waals surface area (Å²) < 4.78 is 32.6. The van der Waals surface area contributed by atoms with E-state index in [0.717, 1.165) is 51.4 Å². The number of ether oxygens (including phenoxy) is 2. The number of phosphoric acid groups is 1. The van der Waals surface area contributed by atoms with Crippen LogP contribution >= 0.6 is 7.82 Å². The van der Waals surface area contributed by atoms with Crippen LogP contribution in [0.25, 0.3) is 0 Å². The van der Waals surface area contributed by atoms with E-state index in [1.165, 1.54) is 77.0 Å². The largest absolute Gasteiger partial charge is 0.472 e. The first-order valence-corrected chi connectivity index (χ1v) is 21.0. The standard InChI is InChI=1S/C39H72NO8P/c1-3-5-7-9-11-13-15-17-18-20-21-23-25-27-29-31-38(41)45-35-37(36-47-49(43,44)46-34-33-40)48-39(42)32-30-28-26-24-22-19-16-14-12-10-8-6-4-2/h11,13,17-18,21,23,37H,3-10,12,14-16,19-20,22,24-36,40H2,1-2H3,(H,43,44)/b13-11+,18-17+,23-21+/t37-/m1/s1. The molecule has 0 aromatic heterocycles. The van der Waals surface area contributed by atoms with Gasteiger partial charge in [-0.3, -0.25) is 18.6 Å². The first-order chi connectivity index (χ1) is 23.8. The number of hydrogen-bond acceptors (Lipinski definition) is 8. The molecule has 0 aromatic carbocycles. The number of phosphoric ester groups is 1. The van der Waals surface area contributed by atoms with E-state index < -0.39 is 32.5 Å². The van der Waals surface area contributed by atoms with Crippen molar-refractivity contribution in [2.24, 2.45) is 5.73 Å². The molecule has 0 aromatic rings. The Balaban J connectivity index is 4.28. The van der Waals surface area contributed by atoms with Gasteiger partial charge in [0.1, 0.15) is 6.61 Å². The molecule has 0 saturated heterocycles. The molecule has 0 saturated carbocycles. The molecule has 0 fully saturated rings. The Morgan fingerprint density at radius 2 is 1.06 bits per heavy atom. The predicted octanol–water partition coefficient (Wildman–Crippen LogP) is 10.6. The second-order valence-electron chi connectivity index (χ2n) is 12.8. The van der Waals surface area contributed by atoms with Crippen molar-refractivity contribution in [2.75, 3.05) is 26.4 Å². The molecule has 49 heavy (non-hydrogen) atoms. The Morgan fingerprint density at radius 3 is 1.61 bits per heavy atom. The van der Waals surface area contributed by atoms with Crippen LogP contribution in [0.15, 0.2) is 36.5 Å². The van der Waals surface area contributed by atoms with Gasteiger partial charge in [0.15, 0.2) is 6.10 Å². The van der Waals surface area contributed by atoms with Crippen LogP contribution in [-0.4, -0.2) is 49.3 Å². The second-order valence-corrected chi connectivity index (χ2v) is 14.3. The summed E-state index contributed by atoms with van der Waals surface area (Å²) in [6.45, 7) is 3.65. The molecule has 0 bridgehead atoms. The van der Waals surface area contributed by atoms with Gasteiger partial charge in [0.05, 0.1) is 13.2 Å². The van der Waals surface area contributed by atoms with Gasteiger partial charge >= 0.3 is 19.8 Å². The molecule has 0 aliphatic heterocycles. The average Bonchev–Trinajstić information content (AvgIpc) is 3.08. The lowest BCUT2D eigenvalue weighted by Crippen LogP contribution is -2.29. The fraction of sp³-hybridized carbons (Fsp3) is 0.795. The number of carbonyl (C=O) groups is 2. The van der Waals surface area contributed by atoms with Crippen molar-refractivity contribution in [1.29, 1.82) is 0 Å². The normalized spacial score (nSPS) is 13.8. The third-order valence-electron chi connectivity index (χ3n) is 8.03. The molecule has 0 heterocycles. The minimum Gasteiger partial charge on any atom is -0.462 e. The zero-order valence-corrected chi connectivity index (χ0v) is 32.1. The average molecular weight is 714 g/mol. The lowest BCUT2D eigenvalue weighted by Gasteiger charge is -2.19. The molecule has 3 N–H and O–H groups in total. The first kappa shape index (κ1) is 47.2. The summed E-state index contributed by atoms with van der Waals surface area (Å²) in [7, 11) is -4.38. The van der Waals surface area contributed by atoms with Gasteiger partial charge in [-0.2, -0.15) is 0 Å². The van der Waals surface area contributed by atoms with Crippen molar-refractivity contribution < 1.29 is 37.6 Å². The van der Waals surface area contributed by atoms with Crippen LogP contribution in [0.1, 0.15) is 168 Å². The number of unbranched alkanes of at least 4 members (excludes halogenated alkanes) is 17. The van der Waals surface area contributed by atoms with Gasteiger partial charge in [-0.25, -0.2) is 4.57 Å². The highest BCUT2D eigenvalue weighted by molar-refractivity contribution is 7.47. The molecule has 2 atom stereocenters. The summed E-state index contributed by atoms with van der Waals surface area (Å²) >= 11 is 0. The minimum absolute atomic E-state index is 0.0486. The van der Waals surface area contributed by atoms with Gasteiger partial charge in [-0.1, -0.05) is 140 Å². The second kappa shape index (κ2) is 36.0. The zero-order chi connectivity index (χ0) is 36.1. The Kier molecular flexibility index (Phi) is 34.7. The lowest BCUT2D eigenvalue weighted by molar-refractivity contribution is -0.161. The smallest absolute Gasteiger partial charge is 0.462 e. The molecular weight excluding hydrogens is 641 g/mol. The SMILES string of the molecule is CCCCC/C=C/C/C=C/C/C=C/CCCCC(=O)OC[C@H](COP(=O)(O)OCCN)OC(=O)CCCCCCCCCCCCCCC. The van der Waals surface area contributed by atoms with Crippen LogP contribution in [0.3, 0.4) is 0 Å². The highest BCUT2D eigenvalue weighted by Gasteiger charge is 2.25. The first-order valence-electron chi connectivity index (χ1n) is 19.5. The van der Waals surface area contributed by atoms with Crippen molar-refractivity contribution in [3.05, 3.63) is 36.5 Å². The predicted molar refractivity (Wildman–Crippen MR) is 201 cm³/mol. The topological polar surface area (TPSA) is 134 Å².